The molecular formula is C15H30N2O. The van der Waals surface area contributed by atoms with Crippen LogP contribution in [-0.2, 0) is 4.74 Å². The Morgan fingerprint density at radius 3 is 2.44 bits per heavy atom. The maximum Gasteiger partial charge on any atom is 0.0471 e. The van der Waals surface area contributed by atoms with Gasteiger partial charge >= 0.3 is 0 Å². The first-order valence-electron chi connectivity index (χ1n) is 7.56. The maximum absolute atomic E-state index is 5.46. The fourth-order valence-corrected chi connectivity index (χ4v) is 3.27. The Balaban J connectivity index is 1.79. The van der Waals surface area contributed by atoms with Gasteiger partial charge in [-0.25, -0.2) is 0 Å². The molecule has 1 unspecified atom stereocenters. The molecule has 0 radical (unpaired) electrons. The number of ether oxygens (including phenoxy) is 1. The highest BCUT2D eigenvalue weighted by atomic mass is 16.5. The van der Waals surface area contributed by atoms with E-state index in [1.165, 1.54) is 32.4 Å². The molecule has 2 saturated heterocycles. The van der Waals surface area contributed by atoms with E-state index in [0.717, 1.165) is 32.2 Å². The topological polar surface area (TPSA) is 33.3 Å². The summed E-state index contributed by atoms with van der Waals surface area (Å²) in [6.07, 6.45) is 3.72. The lowest BCUT2D eigenvalue weighted by Crippen LogP contribution is -2.44. The van der Waals surface area contributed by atoms with Crippen LogP contribution in [0, 0.1) is 16.7 Å². The van der Waals surface area contributed by atoms with Crippen LogP contribution in [0.4, 0.5) is 0 Å². The first kappa shape index (κ1) is 14.3. The molecular weight excluding hydrogens is 224 g/mol. The predicted molar refractivity (Wildman–Crippen MR) is 75.8 cm³/mol. The molecule has 2 fully saturated rings. The van der Waals surface area contributed by atoms with Gasteiger partial charge in [-0.05, 0) is 42.6 Å². The summed E-state index contributed by atoms with van der Waals surface area (Å²) in [4.78, 5) is 0. The second kappa shape index (κ2) is 5.89. The predicted octanol–water partition coefficient (Wildman–Crippen LogP) is 2.03. The largest absolute Gasteiger partial charge is 0.381 e. The molecule has 0 spiro atoms. The van der Waals surface area contributed by atoms with Crippen molar-refractivity contribution in [3.8, 4) is 0 Å². The van der Waals surface area contributed by atoms with Crippen LogP contribution < -0.4 is 10.6 Å². The third-order valence-corrected chi connectivity index (χ3v) is 5.23. The molecule has 2 rings (SSSR count). The molecule has 18 heavy (non-hydrogen) atoms. The van der Waals surface area contributed by atoms with Crippen molar-refractivity contribution in [1.29, 1.82) is 0 Å². The summed E-state index contributed by atoms with van der Waals surface area (Å²) in [5, 5.41) is 7.30. The third kappa shape index (κ3) is 3.25. The molecule has 0 bridgehead atoms. The smallest absolute Gasteiger partial charge is 0.0471 e. The fraction of sp³-hybridized carbons (Fsp3) is 1.00. The molecule has 0 aromatic carbocycles. The quantitative estimate of drug-likeness (QED) is 0.787. The van der Waals surface area contributed by atoms with E-state index in [2.05, 4.69) is 31.4 Å². The van der Waals surface area contributed by atoms with Crippen LogP contribution in [0.2, 0.25) is 0 Å². The highest BCUT2D eigenvalue weighted by molar-refractivity contribution is 4.92. The average molecular weight is 254 g/mol. The maximum atomic E-state index is 5.46. The Morgan fingerprint density at radius 2 is 1.89 bits per heavy atom. The van der Waals surface area contributed by atoms with Gasteiger partial charge in [0.15, 0.2) is 0 Å². The van der Waals surface area contributed by atoms with Crippen molar-refractivity contribution in [2.75, 3.05) is 39.4 Å². The van der Waals surface area contributed by atoms with Crippen LogP contribution in [0.15, 0.2) is 0 Å². The molecule has 3 heteroatoms. The Hall–Kier alpha value is -0.120. The van der Waals surface area contributed by atoms with E-state index in [1.54, 1.807) is 0 Å². The molecule has 0 aromatic rings. The summed E-state index contributed by atoms with van der Waals surface area (Å²) < 4.78 is 5.46. The summed E-state index contributed by atoms with van der Waals surface area (Å²) >= 11 is 0. The molecule has 0 amide bonds. The Labute approximate surface area is 112 Å². The van der Waals surface area contributed by atoms with Gasteiger partial charge in [-0.15, -0.1) is 0 Å². The van der Waals surface area contributed by atoms with Gasteiger partial charge in [0.2, 0.25) is 0 Å². The second-order valence-corrected chi connectivity index (χ2v) is 6.97. The van der Waals surface area contributed by atoms with Crippen molar-refractivity contribution in [3.05, 3.63) is 0 Å². The number of nitrogens with one attached hydrogen (secondary N) is 2. The zero-order valence-electron chi connectivity index (χ0n) is 12.3. The van der Waals surface area contributed by atoms with Crippen molar-refractivity contribution in [3.63, 3.8) is 0 Å². The molecule has 0 aromatic heterocycles. The minimum Gasteiger partial charge on any atom is -0.381 e. The first-order chi connectivity index (χ1) is 8.56. The first-order valence-corrected chi connectivity index (χ1v) is 7.56. The number of rotatable bonds is 5. The van der Waals surface area contributed by atoms with E-state index in [-0.39, 0.29) is 0 Å². The SMILES string of the molecule is CC(C)C1(CNCC2(C)CCOCC2)CCNC1. The summed E-state index contributed by atoms with van der Waals surface area (Å²) in [5.74, 6) is 0.752. The second-order valence-electron chi connectivity index (χ2n) is 6.97. The average Bonchev–Trinajstić information content (AvgIpc) is 2.80. The van der Waals surface area contributed by atoms with Crippen molar-refractivity contribution < 1.29 is 4.74 Å². The third-order valence-electron chi connectivity index (χ3n) is 5.23. The van der Waals surface area contributed by atoms with Crippen LogP contribution >= 0.6 is 0 Å². The van der Waals surface area contributed by atoms with E-state index >= 15 is 0 Å². The lowest BCUT2D eigenvalue weighted by molar-refractivity contribution is 0.0223. The minimum absolute atomic E-state index is 0.447. The van der Waals surface area contributed by atoms with Gasteiger partial charge in [0.05, 0.1) is 0 Å². The Bertz CT molecular complexity index is 253. The van der Waals surface area contributed by atoms with E-state index < -0.39 is 0 Å². The van der Waals surface area contributed by atoms with Gasteiger partial charge in [-0.1, -0.05) is 20.8 Å². The molecule has 0 saturated carbocycles. The standard InChI is InChI=1S/C15H30N2O/c1-13(2)15(4-7-16-11-15)12-17-10-14(3)5-8-18-9-6-14/h13,16-17H,4-12H2,1-3H3. The van der Waals surface area contributed by atoms with Crippen molar-refractivity contribution in [2.24, 2.45) is 16.7 Å². The summed E-state index contributed by atoms with van der Waals surface area (Å²) in [5.41, 5.74) is 0.921. The Kier molecular flexibility index (Phi) is 4.68. The lowest BCUT2D eigenvalue weighted by Gasteiger charge is -2.37. The van der Waals surface area contributed by atoms with Crippen LogP contribution in [0.25, 0.3) is 0 Å². The molecule has 2 aliphatic heterocycles. The van der Waals surface area contributed by atoms with Gasteiger partial charge in [0.1, 0.15) is 0 Å². The van der Waals surface area contributed by atoms with Crippen molar-refractivity contribution in [2.45, 2.75) is 40.0 Å². The van der Waals surface area contributed by atoms with E-state index in [1.807, 2.05) is 0 Å². The van der Waals surface area contributed by atoms with E-state index in [9.17, 15) is 0 Å². The Morgan fingerprint density at radius 1 is 1.17 bits per heavy atom. The normalized spacial score (nSPS) is 32.0. The summed E-state index contributed by atoms with van der Waals surface area (Å²) in [6, 6.07) is 0. The number of hydrogen-bond donors (Lipinski definition) is 2. The van der Waals surface area contributed by atoms with Gasteiger partial charge in [-0.3, -0.25) is 0 Å². The monoisotopic (exact) mass is 254 g/mol. The number of hydrogen-bond acceptors (Lipinski definition) is 3. The van der Waals surface area contributed by atoms with Crippen molar-refractivity contribution >= 4 is 0 Å². The van der Waals surface area contributed by atoms with Crippen LogP contribution in [0.1, 0.15) is 40.0 Å². The molecule has 2 heterocycles. The van der Waals surface area contributed by atoms with Gasteiger partial charge in [0.25, 0.3) is 0 Å². The van der Waals surface area contributed by atoms with Gasteiger partial charge in [-0.2, -0.15) is 0 Å². The molecule has 2 N–H and O–H groups in total. The van der Waals surface area contributed by atoms with Crippen molar-refractivity contribution in [1.82, 2.24) is 10.6 Å². The van der Waals surface area contributed by atoms with Crippen LogP contribution in [0.3, 0.4) is 0 Å². The zero-order valence-corrected chi connectivity index (χ0v) is 12.3. The molecule has 0 aliphatic carbocycles. The molecule has 1 atom stereocenters. The minimum atomic E-state index is 0.447. The van der Waals surface area contributed by atoms with Crippen LogP contribution in [0.5, 0.6) is 0 Å². The highest BCUT2D eigenvalue weighted by Gasteiger charge is 2.37. The van der Waals surface area contributed by atoms with Crippen LogP contribution in [-0.4, -0.2) is 39.4 Å². The molecule has 2 aliphatic rings. The lowest BCUT2D eigenvalue weighted by atomic mass is 9.75. The van der Waals surface area contributed by atoms with Gasteiger partial charge < -0.3 is 15.4 Å². The van der Waals surface area contributed by atoms with E-state index in [4.69, 9.17) is 4.74 Å². The molecule has 3 nitrogen and oxygen atoms in total. The zero-order chi connectivity index (χ0) is 13.1. The molecule has 106 valence electrons. The van der Waals surface area contributed by atoms with Gasteiger partial charge in [0, 0.05) is 32.8 Å². The summed E-state index contributed by atoms with van der Waals surface area (Å²) in [7, 11) is 0. The van der Waals surface area contributed by atoms with E-state index in [0.29, 0.717) is 10.8 Å². The summed E-state index contributed by atoms with van der Waals surface area (Å²) in [6.45, 7) is 13.7. The fourth-order valence-electron chi connectivity index (χ4n) is 3.27. The highest BCUT2D eigenvalue weighted by Crippen LogP contribution is 2.34.